The molecule has 1 aliphatic rings. The highest BCUT2D eigenvalue weighted by molar-refractivity contribution is 6.30. The number of carbonyl (C=O) groups is 1. The zero-order chi connectivity index (χ0) is 19.7. The third kappa shape index (κ3) is 3.75. The highest BCUT2D eigenvalue weighted by atomic mass is 35.5. The summed E-state index contributed by atoms with van der Waals surface area (Å²) in [6, 6.07) is 9.09. The van der Waals surface area contributed by atoms with E-state index < -0.39 is 11.6 Å². The van der Waals surface area contributed by atoms with Gasteiger partial charge in [0, 0.05) is 36.0 Å². The maximum atomic E-state index is 14.2. The first-order valence-electron chi connectivity index (χ1n) is 8.88. The van der Waals surface area contributed by atoms with Crippen molar-refractivity contribution >= 4 is 23.2 Å². The molecule has 4 rings (SSSR count). The maximum Gasteiger partial charge on any atom is 0.227 e. The van der Waals surface area contributed by atoms with E-state index in [-0.39, 0.29) is 24.4 Å². The molecule has 3 aromatic rings. The first-order valence-corrected chi connectivity index (χ1v) is 9.26. The largest absolute Gasteiger partial charge is 0.339 e. The third-order valence-electron chi connectivity index (χ3n) is 4.63. The average molecular weight is 404 g/mol. The highest BCUT2D eigenvalue weighted by Crippen LogP contribution is 2.31. The molecule has 0 saturated carbocycles. The number of carbonyl (C=O) groups excluding carboxylic acids is 1. The van der Waals surface area contributed by atoms with E-state index in [4.69, 9.17) is 16.1 Å². The molecule has 1 amide bonds. The predicted molar refractivity (Wildman–Crippen MR) is 100 cm³/mol. The molecule has 1 aromatic heterocycles. The summed E-state index contributed by atoms with van der Waals surface area (Å²) in [6.07, 6.45) is 1.51. The first-order chi connectivity index (χ1) is 13.5. The number of aromatic nitrogens is 2. The summed E-state index contributed by atoms with van der Waals surface area (Å²) >= 11 is 5.86. The fourth-order valence-electron chi connectivity index (χ4n) is 3.32. The molecule has 2 heterocycles. The van der Waals surface area contributed by atoms with Gasteiger partial charge in [0.1, 0.15) is 11.6 Å². The van der Waals surface area contributed by atoms with Crippen LogP contribution in [0.4, 0.5) is 14.5 Å². The zero-order valence-electron chi connectivity index (χ0n) is 14.8. The Morgan fingerprint density at radius 1 is 1.21 bits per heavy atom. The van der Waals surface area contributed by atoms with Crippen molar-refractivity contribution in [2.75, 3.05) is 11.4 Å². The van der Waals surface area contributed by atoms with Crippen molar-refractivity contribution in [1.82, 2.24) is 10.1 Å². The number of anilines is 1. The Morgan fingerprint density at radius 2 is 2.00 bits per heavy atom. The molecule has 8 heteroatoms. The standard InChI is InChI=1S/C20H16ClF2N3O2/c21-14-5-3-12(4-6-14)20-24-17(28-25-20)7-8-18(27)26-9-1-2-13-10-15(22)11-16(23)19(13)26/h3-6,10-11H,1-2,7-9H2. The van der Waals surface area contributed by atoms with Gasteiger partial charge in [-0.15, -0.1) is 0 Å². The SMILES string of the molecule is O=C(CCc1nc(-c2ccc(Cl)cc2)no1)N1CCCc2cc(F)cc(F)c21. The number of aryl methyl sites for hydroxylation is 2. The number of halogens is 3. The summed E-state index contributed by atoms with van der Waals surface area (Å²) in [6.45, 7) is 0.397. The van der Waals surface area contributed by atoms with E-state index in [1.807, 2.05) is 0 Å². The Bertz CT molecular complexity index is 1020. The van der Waals surface area contributed by atoms with Crippen LogP contribution >= 0.6 is 11.6 Å². The summed E-state index contributed by atoms with van der Waals surface area (Å²) in [7, 11) is 0. The molecule has 0 spiro atoms. The first kappa shape index (κ1) is 18.6. The lowest BCUT2D eigenvalue weighted by molar-refractivity contribution is -0.118. The molecule has 0 aliphatic carbocycles. The zero-order valence-corrected chi connectivity index (χ0v) is 15.5. The van der Waals surface area contributed by atoms with E-state index in [1.165, 1.54) is 11.0 Å². The van der Waals surface area contributed by atoms with Crippen LogP contribution < -0.4 is 4.90 Å². The number of amides is 1. The van der Waals surface area contributed by atoms with Crippen LogP contribution in [0.1, 0.15) is 24.3 Å². The fourth-order valence-corrected chi connectivity index (χ4v) is 3.45. The molecule has 28 heavy (non-hydrogen) atoms. The second-order valence-electron chi connectivity index (χ2n) is 6.56. The van der Waals surface area contributed by atoms with Crippen molar-refractivity contribution < 1.29 is 18.1 Å². The molecule has 0 saturated heterocycles. The van der Waals surface area contributed by atoms with E-state index in [0.29, 0.717) is 41.7 Å². The van der Waals surface area contributed by atoms with Gasteiger partial charge in [-0.3, -0.25) is 4.79 Å². The second-order valence-corrected chi connectivity index (χ2v) is 7.00. The minimum atomic E-state index is -0.717. The molecule has 0 radical (unpaired) electrons. The van der Waals surface area contributed by atoms with Crippen LogP contribution in [0.5, 0.6) is 0 Å². The smallest absolute Gasteiger partial charge is 0.227 e. The minimum Gasteiger partial charge on any atom is -0.339 e. The van der Waals surface area contributed by atoms with Gasteiger partial charge in [-0.25, -0.2) is 8.78 Å². The van der Waals surface area contributed by atoms with Crippen LogP contribution in [0.3, 0.4) is 0 Å². The molecule has 0 N–H and O–H groups in total. The Balaban J connectivity index is 1.45. The minimum absolute atomic E-state index is 0.0819. The van der Waals surface area contributed by atoms with Gasteiger partial charge in [0.05, 0.1) is 5.69 Å². The lowest BCUT2D eigenvalue weighted by Gasteiger charge is -2.29. The Kier molecular flexibility index (Phi) is 5.09. The van der Waals surface area contributed by atoms with E-state index in [1.54, 1.807) is 24.3 Å². The van der Waals surface area contributed by atoms with Crippen LogP contribution in [0.2, 0.25) is 5.02 Å². The number of rotatable bonds is 4. The number of fused-ring (bicyclic) bond motifs is 1. The molecular weight excluding hydrogens is 388 g/mol. The highest BCUT2D eigenvalue weighted by Gasteiger charge is 2.26. The Labute approximate surface area is 164 Å². The monoisotopic (exact) mass is 403 g/mol. The van der Waals surface area contributed by atoms with Crippen LogP contribution in [0.25, 0.3) is 11.4 Å². The molecule has 144 valence electrons. The topological polar surface area (TPSA) is 59.2 Å². The molecule has 5 nitrogen and oxygen atoms in total. The van der Waals surface area contributed by atoms with Gasteiger partial charge in [-0.1, -0.05) is 16.8 Å². The summed E-state index contributed by atoms with van der Waals surface area (Å²) in [5.41, 5.74) is 1.43. The second kappa shape index (κ2) is 7.67. The van der Waals surface area contributed by atoms with Crippen molar-refractivity contribution in [3.05, 3.63) is 64.5 Å². The molecule has 2 aromatic carbocycles. The third-order valence-corrected chi connectivity index (χ3v) is 4.88. The number of nitrogens with zero attached hydrogens (tertiary/aromatic N) is 3. The van der Waals surface area contributed by atoms with E-state index >= 15 is 0 Å². The van der Waals surface area contributed by atoms with Gasteiger partial charge in [-0.05, 0) is 48.7 Å². The van der Waals surface area contributed by atoms with Crippen molar-refractivity contribution in [2.24, 2.45) is 0 Å². The van der Waals surface area contributed by atoms with Crippen molar-refractivity contribution in [3.8, 4) is 11.4 Å². The maximum absolute atomic E-state index is 14.2. The van der Waals surface area contributed by atoms with Gasteiger partial charge >= 0.3 is 0 Å². The number of benzene rings is 2. The Morgan fingerprint density at radius 3 is 2.79 bits per heavy atom. The summed E-state index contributed by atoms with van der Waals surface area (Å²) in [5, 5.41) is 4.51. The van der Waals surface area contributed by atoms with Crippen LogP contribution in [-0.2, 0) is 17.6 Å². The van der Waals surface area contributed by atoms with Gasteiger partial charge in [0.25, 0.3) is 0 Å². The molecule has 0 atom stereocenters. The van der Waals surface area contributed by atoms with E-state index in [2.05, 4.69) is 10.1 Å². The molecule has 0 bridgehead atoms. The van der Waals surface area contributed by atoms with Crippen LogP contribution in [-0.4, -0.2) is 22.6 Å². The van der Waals surface area contributed by atoms with Gasteiger partial charge in [-0.2, -0.15) is 4.98 Å². The molecule has 0 unspecified atom stereocenters. The van der Waals surface area contributed by atoms with Crippen LogP contribution in [0, 0.1) is 11.6 Å². The lowest BCUT2D eigenvalue weighted by atomic mass is 10.0. The lowest BCUT2D eigenvalue weighted by Crippen LogP contribution is -2.36. The predicted octanol–water partition coefficient (Wildman–Crippen LogP) is 4.58. The number of hydrogen-bond acceptors (Lipinski definition) is 4. The Hall–Kier alpha value is -2.80. The molecular formula is C20H16ClF2N3O2. The van der Waals surface area contributed by atoms with Crippen molar-refractivity contribution in [2.45, 2.75) is 25.7 Å². The summed E-state index contributed by atoms with van der Waals surface area (Å²) < 4.78 is 32.9. The van der Waals surface area contributed by atoms with Gasteiger partial charge < -0.3 is 9.42 Å². The van der Waals surface area contributed by atoms with Crippen molar-refractivity contribution in [1.29, 1.82) is 0 Å². The van der Waals surface area contributed by atoms with E-state index in [0.717, 1.165) is 11.6 Å². The summed E-state index contributed by atoms with van der Waals surface area (Å²) in [4.78, 5) is 18.3. The quantitative estimate of drug-likeness (QED) is 0.639. The normalized spacial score (nSPS) is 13.5. The number of hydrogen-bond donors (Lipinski definition) is 0. The van der Waals surface area contributed by atoms with Gasteiger partial charge in [0.2, 0.25) is 17.6 Å². The fraction of sp³-hybridized carbons (Fsp3) is 0.250. The van der Waals surface area contributed by atoms with E-state index in [9.17, 15) is 13.6 Å². The van der Waals surface area contributed by atoms with Crippen LogP contribution in [0.15, 0.2) is 40.9 Å². The molecule has 0 fully saturated rings. The molecule has 1 aliphatic heterocycles. The average Bonchev–Trinajstić information content (AvgIpc) is 3.15. The summed E-state index contributed by atoms with van der Waals surface area (Å²) in [5.74, 6) is -0.895. The van der Waals surface area contributed by atoms with Gasteiger partial charge in [0.15, 0.2) is 0 Å². The van der Waals surface area contributed by atoms with Crippen molar-refractivity contribution in [3.63, 3.8) is 0 Å².